The lowest BCUT2D eigenvalue weighted by atomic mass is 10.2. The van der Waals surface area contributed by atoms with E-state index in [1.807, 2.05) is 12.1 Å². The molecule has 3 N–H and O–H groups in total. The Morgan fingerprint density at radius 3 is 3.00 bits per heavy atom. The zero-order valence-corrected chi connectivity index (χ0v) is 11.9. The first kappa shape index (κ1) is 14.2. The van der Waals surface area contributed by atoms with Gasteiger partial charge in [0, 0.05) is 37.6 Å². The third-order valence-electron chi connectivity index (χ3n) is 3.06. The zero-order valence-electron chi connectivity index (χ0n) is 11.1. The van der Waals surface area contributed by atoms with Crippen molar-refractivity contribution in [2.75, 3.05) is 38.2 Å². The Balaban J connectivity index is 1.88. The summed E-state index contributed by atoms with van der Waals surface area (Å²) in [7, 11) is 0. The fourth-order valence-corrected chi connectivity index (χ4v) is 2.27. The number of thiocarbonyl (C=S) groups is 1. The second-order valence-corrected chi connectivity index (χ2v) is 5.19. The van der Waals surface area contributed by atoms with Crippen molar-refractivity contribution in [3.05, 3.63) is 24.0 Å². The number of morpholine rings is 1. The topological polar surface area (TPSA) is 63.4 Å². The predicted octanol–water partition coefficient (Wildman–Crippen LogP) is 0.848. The molecule has 0 aromatic carbocycles. The first-order chi connectivity index (χ1) is 9.15. The van der Waals surface area contributed by atoms with Gasteiger partial charge in [0.25, 0.3) is 0 Å². The van der Waals surface area contributed by atoms with Crippen molar-refractivity contribution >= 4 is 22.9 Å². The number of aromatic nitrogens is 1. The molecule has 0 bridgehead atoms. The molecule has 0 spiro atoms. The van der Waals surface area contributed by atoms with E-state index in [0.29, 0.717) is 16.7 Å². The lowest BCUT2D eigenvalue weighted by Gasteiger charge is -2.29. The molecule has 0 radical (unpaired) electrons. The van der Waals surface area contributed by atoms with Crippen LogP contribution in [0.2, 0.25) is 0 Å². The molecule has 0 saturated carbocycles. The number of nitrogens with two attached hydrogens (primary N) is 1. The molecule has 1 aromatic heterocycles. The van der Waals surface area contributed by atoms with Crippen LogP contribution in [-0.2, 0) is 4.74 Å². The Kier molecular flexibility index (Phi) is 5.07. The van der Waals surface area contributed by atoms with Gasteiger partial charge in [-0.2, -0.15) is 0 Å². The van der Waals surface area contributed by atoms with Gasteiger partial charge in [-0.3, -0.25) is 9.88 Å². The fourth-order valence-electron chi connectivity index (χ4n) is 2.16. The maximum absolute atomic E-state index is 5.58. The second kappa shape index (κ2) is 6.79. The number of ether oxygens (including phenoxy) is 1. The van der Waals surface area contributed by atoms with E-state index < -0.39 is 0 Å². The summed E-state index contributed by atoms with van der Waals surface area (Å²) in [6, 6.07) is 4.16. The Morgan fingerprint density at radius 2 is 2.32 bits per heavy atom. The molecule has 1 aliphatic rings. The van der Waals surface area contributed by atoms with Gasteiger partial charge in [0.05, 0.1) is 18.9 Å². The number of rotatable bonds is 5. The number of nitrogens with zero attached hydrogens (tertiary/aromatic N) is 2. The Bertz CT molecular complexity index is 434. The highest BCUT2D eigenvalue weighted by atomic mass is 32.1. The van der Waals surface area contributed by atoms with Crippen LogP contribution in [0.15, 0.2) is 18.3 Å². The van der Waals surface area contributed by atoms with Crippen LogP contribution in [-0.4, -0.2) is 53.8 Å². The van der Waals surface area contributed by atoms with Gasteiger partial charge in [-0.1, -0.05) is 12.2 Å². The smallest absolute Gasteiger partial charge is 0.122 e. The van der Waals surface area contributed by atoms with E-state index >= 15 is 0 Å². The molecular formula is C13H20N4OS. The van der Waals surface area contributed by atoms with E-state index in [9.17, 15) is 0 Å². The molecule has 2 rings (SSSR count). The monoisotopic (exact) mass is 280 g/mol. The van der Waals surface area contributed by atoms with Crippen molar-refractivity contribution in [1.29, 1.82) is 0 Å². The van der Waals surface area contributed by atoms with Gasteiger partial charge in [-0.05, 0) is 19.1 Å². The van der Waals surface area contributed by atoms with Crippen LogP contribution in [0.25, 0.3) is 0 Å². The largest absolute Gasteiger partial charge is 0.388 e. The molecule has 1 fully saturated rings. The maximum Gasteiger partial charge on any atom is 0.122 e. The molecule has 6 heteroatoms. The SMILES string of the molecule is CC(CN1CCOCC1)Nc1ccnc(C(N)=S)c1. The van der Waals surface area contributed by atoms with Gasteiger partial charge in [0.15, 0.2) is 0 Å². The zero-order chi connectivity index (χ0) is 13.7. The quantitative estimate of drug-likeness (QED) is 0.780. The fraction of sp³-hybridized carbons (Fsp3) is 0.538. The molecule has 0 amide bonds. The summed E-state index contributed by atoms with van der Waals surface area (Å²) in [4.78, 5) is 6.85. The first-order valence-corrected chi connectivity index (χ1v) is 6.88. The lowest BCUT2D eigenvalue weighted by molar-refractivity contribution is 0.0368. The van der Waals surface area contributed by atoms with Crippen molar-refractivity contribution in [3.8, 4) is 0 Å². The van der Waals surface area contributed by atoms with Crippen molar-refractivity contribution < 1.29 is 4.74 Å². The number of nitrogens with one attached hydrogen (secondary N) is 1. The van der Waals surface area contributed by atoms with E-state index in [-0.39, 0.29) is 0 Å². The van der Waals surface area contributed by atoms with Crippen LogP contribution in [0.1, 0.15) is 12.6 Å². The van der Waals surface area contributed by atoms with Gasteiger partial charge >= 0.3 is 0 Å². The second-order valence-electron chi connectivity index (χ2n) is 4.75. The number of anilines is 1. The van der Waals surface area contributed by atoms with Crippen LogP contribution < -0.4 is 11.1 Å². The molecule has 2 heterocycles. The minimum atomic E-state index is 0.324. The van der Waals surface area contributed by atoms with Crippen molar-refractivity contribution in [3.63, 3.8) is 0 Å². The molecule has 104 valence electrons. The van der Waals surface area contributed by atoms with Gasteiger partial charge in [-0.25, -0.2) is 0 Å². The highest BCUT2D eigenvalue weighted by Crippen LogP contribution is 2.10. The van der Waals surface area contributed by atoms with Crippen LogP contribution in [0.5, 0.6) is 0 Å². The van der Waals surface area contributed by atoms with Crippen molar-refractivity contribution in [1.82, 2.24) is 9.88 Å². The summed E-state index contributed by atoms with van der Waals surface area (Å²) >= 11 is 4.93. The summed E-state index contributed by atoms with van der Waals surface area (Å²) in [6.45, 7) is 6.81. The molecule has 1 atom stereocenters. The summed E-state index contributed by atoms with van der Waals surface area (Å²) < 4.78 is 5.34. The average Bonchev–Trinajstić information content (AvgIpc) is 2.40. The van der Waals surface area contributed by atoms with Crippen LogP contribution in [0.3, 0.4) is 0 Å². The van der Waals surface area contributed by atoms with Crippen LogP contribution in [0, 0.1) is 0 Å². The summed E-state index contributed by atoms with van der Waals surface area (Å²) in [6.07, 6.45) is 1.72. The van der Waals surface area contributed by atoms with Gasteiger partial charge in [-0.15, -0.1) is 0 Å². The van der Waals surface area contributed by atoms with E-state index in [1.165, 1.54) is 0 Å². The van der Waals surface area contributed by atoms with Crippen molar-refractivity contribution in [2.45, 2.75) is 13.0 Å². The standard InChI is InChI=1S/C13H20N4OS/c1-10(9-17-4-6-18-7-5-17)16-11-2-3-15-12(8-11)13(14)19/h2-3,8,10H,4-7,9H2,1H3,(H2,14,19)(H,15,16). The molecule has 0 aliphatic carbocycles. The molecule has 19 heavy (non-hydrogen) atoms. The summed E-state index contributed by atoms with van der Waals surface area (Å²) in [5.41, 5.74) is 7.23. The number of hydrogen-bond acceptors (Lipinski definition) is 5. The third kappa shape index (κ3) is 4.41. The molecular weight excluding hydrogens is 260 g/mol. The van der Waals surface area contributed by atoms with Crippen LogP contribution in [0.4, 0.5) is 5.69 Å². The molecule has 1 aliphatic heterocycles. The molecule has 1 unspecified atom stereocenters. The van der Waals surface area contributed by atoms with E-state index in [0.717, 1.165) is 38.5 Å². The Morgan fingerprint density at radius 1 is 1.58 bits per heavy atom. The summed E-state index contributed by atoms with van der Waals surface area (Å²) in [5, 5.41) is 3.45. The third-order valence-corrected chi connectivity index (χ3v) is 3.27. The number of hydrogen-bond donors (Lipinski definition) is 2. The Labute approximate surface area is 119 Å². The van der Waals surface area contributed by atoms with Crippen LogP contribution >= 0.6 is 12.2 Å². The highest BCUT2D eigenvalue weighted by Gasteiger charge is 2.13. The Hall–Kier alpha value is -1.24. The molecule has 1 aromatic rings. The van der Waals surface area contributed by atoms with Crippen molar-refractivity contribution in [2.24, 2.45) is 5.73 Å². The highest BCUT2D eigenvalue weighted by molar-refractivity contribution is 7.80. The first-order valence-electron chi connectivity index (χ1n) is 6.47. The van der Waals surface area contributed by atoms with E-state index in [2.05, 4.69) is 22.1 Å². The normalized spacial score (nSPS) is 17.9. The van der Waals surface area contributed by atoms with Gasteiger partial charge in [0.1, 0.15) is 4.99 Å². The summed E-state index contributed by atoms with van der Waals surface area (Å²) in [5.74, 6) is 0. The maximum atomic E-state index is 5.58. The lowest BCUT2D eigenvalue weighted by Crippen LogP contribution is -2.42. The minimum Gasteiger partial charge on any atom is -0.388 e. The van der Waals surface area contributed by atoms with Gasteiger partial charge in [0.2, 0.25) is 0 Å². The average molecular weight is 280 g/mol. The minimum absolute atomic E-state index is 0.324. The predicted molar refractivity (Wildman–Crippen MR) is 80.5 cm³/mol. The van der Waals surface area contributed by atoms with E-state index in [1.54, 1.807) is 6.20 Å². The van der Waals surface area contributed by atoms with E-state index in [4.69, 9.17) is 22.7 Å². The van der Waals surface area contributed by atoms with Gasteiger partial charge < -0.3 is 15.8 Å². The number of pyridine rings is 1. The molecule has 5 nitrogen and oxygen atoms in total. The molecule has 1 saturated heterocycles.